The molecule has 2 rings (SSSR count). The highest BCUT2D eigenvalue weighted by Gasteiger charge is 2.11. The van der Waals surface area contributed by atoms with Crippen molar-refractivity contribution in [1.82, 2.24) is 10.6 Å². The maximum Gasteiger partial charge on any atom is 0.387 e. The monoisotopic (exact) mass is 565 g/mol. The molecule has 10 heteroatoms. The SMILES string of the molecule is CCNC(=NCc1cc(OC)ccc1OC(F)F)NCCc1ccc(OC)c(OC)c1.I. The van der Waals surface area contributed by atoms with Gasteiger partial charge in [0.25, 0.3) is 0 Å². The highest BCUT2D eigenvalue weighted by atomic mass is 127. The molecule has 0 spiro atoms. The van der Waals surface area contributed by atoms with Gasteiger partial charge in [0.15, 0.2) is 17.5 Å². The second-order valence-corrected chi connectivity index (χ2v) is 6.41. The van der Waals surface area contributed by atoms with Gasteiger partial charge in [-0.05, 0) is 49.2 Å². The van der Waals surface area contributed by atoms with E-state index in [4.69, 9.17) is 14.2 Å². The number of hydrogen-bond acceptors (Lipinski definition) is 5. The van der Waals surface area contributed by atoms with Gasteiger partial charge < -0.3 is 29.6 Å². The first-order valence-electron chi connectivity index (χ1n) is 9.85. The van der Waals surface area contributed by atoms with Crippen molar-refractivity contribution < 1.29 is 27.7 Å². The number of hydrogen-bond donors (Lipinski definition) is 2. The molecule has 0 saturated heterocycles. The minimum Gasteiger partial charge on any atom is -0.497 e. The van der Waals surface area contributed by atoms with Crippen LogP contribution < -0.4 is 29.6 Å². The molecule has 0 fully saturated rings. The van der Waals surface area contributed by atoms with E-state index >= 15 is 0 Å². The normalized spacial score (nSPS) is 10.9. The summed E-state index contributed by atoms with van der Waals surface area (Å²) in [4.78, 5) is 4.49. The molecule has 0 aliphatic heterocycles. The van der Waals surface area contributed by atoms with Crippen LogP contribution in [-0.4, -0.2) is 47.0 Å². The van der Waals surface area contributed by atoms with Crippen molar-refractivity contribution in [2.24, 2.45) is 4.99 Å². The van der Waals surface area contributed by atoms with E-state index in [1.807, 2.05) is 25.1 Å². The van der Waals surface area contributed by atoms with Gasteiger partial charge in [0.1, 0.15) is 11.5 Å². The van der Waals surface area contributed by atoms with Gasteiger partial charge in [-0.2, -0.15) is 8.78 Å². The lowest BCUT2D eigenvalue weighted by molar-refractivity contribution is -0.0504. The molecule has 0 aliphatic rings. The quantitative estimate of drug-likeness (QED) is 0.242. The predicted molar refractivity (Wildman–Crippen MR) is 131 cm³/mol. The Morgan fingerprint density at radius 3 is 2.28 bits per heavy atom. The van der Waals surface area contributed by atoms with E-state index in [2.05, 4.69) is 20.4 Å². The van der Waals surface area contributed by atoms with E-state index in [1.54, 1.807) is 26.4 Å². The van der Waals surface area contributed by atoms with Crippen molar-refractivity contribution in [2.45, 2.75) is 26.5 Å². The number of nitrogens with zero attached hydrogens (tertiary/aromatic N) is 1. The third kappa shape index (κ3) is 8.56. The van der Waals surface area contributed by atoms with Crippen molar-refractivity contribution in [3.05, 3.63) is 47.5 Å². The Bertz CT molecular complexity index is 869. The second kappa shape index (κ2) is 14.5. The summed E-state index contributed by atoms with van der Waals surface area (Å²) in [5.41, 5.74) is 1.57. The Kier molecular flexibility index (Phi) is 12.5. The zero-order valence-electron chi connectivity index (χ0n) is 18.6. The minimum absolute atomic E-state index is 0. The van der Waals surface area contributed by atoms with Crippen molar-refractivity contribution >= 4 is 29.9 Å². The molecule has 0 aliphatic carbocycles. The molecule has 178 valence electrons. The van der Waals surface area contributed by atoms with Crippen LogP contribution in [0.25, 0.3) is 0 Å². The van der Waals surface area contributed by atoms with Gasteiger partial charge in [-0.3, -0.25) is 0 Å². The third-order valence-corrected chi connectivity index (χ3v) is 4.39. The second-order valence-electron chi connectivity index (χ2n) is 6.41. The lowest BCUT2D eigenvalue weighted by atomic mass is 10.1. The lowest BCUT2D eigenvalue weighted by Crippen LogP contribution is -2.38. The van der Waals surface area contributed by atoms with E-state index in [-0.39, 0.29) is 36.3 Å². The molecule has 2 aromatic carbocycles. The number of methoxy groups -OCH3 is 3. The number of aliphatic imine (C=N–C) groups is 1. The van der Waals surface area contributed by atoms with Gasteiger partial charge in [0.05, 0.1) is 27.9 Å². The van der Waals surface area contributed by atoms with Gasteiger partial charge in [0.2, 0.25) is 0 Å². The van der Waals surface area contributed by atoms with Crippen molar-refractivity contribution in [1.29, 1.82) is 0 Å². The molecule has 0 heterocycles. The summed E-state index contributed by atoms with van der Waals surface area (Å²) in [6.45, 7) is 0.442. The van der Waals surface area contributed by atoms with Gasteiger partial charge in [0, 0.05) is 18.7 Å². The van der Waals surface area contributed by atoms with E-state index in [0.717, 1.165) is 12.0 Å². The largest absolute Gasteiger partial charge is 0.497 e. The molecule has 0 radical (unpaired) electrons. The Labute approximate surface area is 204 Å². The topological polar surface area (TPSA) is 73.3 Å². The number of halogens is 3. The summed E-state index contributed by atoms with van der Waals surface area (Å²) in [5, 5.41) is 6.38. The van der Waals surface area contributed by atoms with E-state index in [0.29, 0.717) is 41.9 Å². The van der Waals surface area contributed by atoms with Gasteiger partial charge in [-0.25, -0.2) is 4.99 Å². The minimum atomic E-state index is -2.91. The summed E-state index contributed by atoms with van der Waals surface area (Å²) in [6.07, 6.45) is 0.726. The fraction of sp³-hybridized carbons (Fsp3) is 0.409. The van der Waals surface area contributed by atoms with E-state index < -0.39 is 6.61 Å². The summed E-state index contributed by atoms with van der Waals surface area (Å²) in [6, 6.07) is 10.4. The number of alkyl halides is 2. The fourth-order valence-corrected chi connectivity index (χ4v) is 2.88. The van der Waals surface area contributed by atoms with Crippen LogP contribution in [0.3, 0.4) is 0 Å². The number of benzene rings is 2. The van der Waals surface area contributed by atoms with Crippen LogP contribution in [0.5, 0.6) is 23.0 Å². The molecular weight excluding hydrogens is 535 g/mol. The average molecular weight is 565 g/mol. The lowest BCUT2D eigenvalue weighted by Gasteiger charge is -2.14. The van der Waals surface area contributed by atoms with E-state index in [1.165, 1.54) is 13.2 Å². The standard InChI is InChI=1S/C22H29F2N3O4.HI/c1-5-25-22(26-11-10-15-6-8-19(29-3)20(12-15)30-4)27-14-16-13-17(28-2)7-9-18(16)31-21(23)24;/h6-9,12-13,21H,5,10-11,14H2,1-4H3,(H2,25,26,27);1H. The molecule has 0 atom stereocenters. The van der Waals surface area contributed by atoms with Crippen molar-refractivity contribution in [3.8, 4) is 23.0 Å². The summed E-state index contributed by atoms with van der Waals surface area (Å²) in [5.74, 6) is 2.52. The van der Waals surface area contributed by atoms with Crippen LogP contribution in [0.2, 0.25) is 0 Å². The maximum absolute atomic E-state index is 12.7. The molecule has 0 aromatic heterocycles. The number of guanidine groups is 1. The van der Waals surface area contributed by atoms with Gasteiger partial charge in [-0.15, -0.1) is 24.0 Å². The Morgan fingerprint density at radius 1 is 0.938 bits per heavy atom. The van der Waals surface area contributed by atoms with Crippen LogP contribution in [0.15, 0.2) is 41.4 Å². The summed E-state index contributed by atoms with van der Waals surface area (Å²) >= 11 is 0. The van der Waals surface area contributed by atoms with Crippen LogP contribution >= 0.6 is 24.0 Å². The average Bonchev–Trinajstić information content (AvgIpc) is 2.77. The van der Waals surface area contributed by atoms with E-state index in [9.17, 15) is 8.78 Å². The first-order chi connectivity index (χ1) is 15.0. The predicted octanol–water partition coefficient (Wildman–Crippen LogP) is 4.23. The number of ether oxygens (including phenoxy) is 4. The molecule has 2 N–H and O–H groups in total. The smallest absolute Gasteiger partial charge is 0.387 e. The zero-order chi connectivity index (χ0) is 22.6. The van der Waals surface area contributed by atoms with Gasteiger partial charge in [-0.1, -0.05) is 6.07 Å². The molecular formula is C22H30F2IN3O4. The molecule has 0 bridgehead atoms. The van der Waals surface area contributed by atoms with Crippen LogP contribution in [0, 0.1) is 0 Å². The number of nitrogens with one attached hydrogen (secondary N) is 2. The Hall–Kier alpha value is -2.50. The van der Waals surface area contributed by atoms with Crippen LogP contribution in [-0.2, 0) is 13.0 Å². The van der Waals surface area contributed by atoms with Crippen LogP contribution in [0.4, 0.5) is 8.78 Å². The Balaban J connectivity index is 0.00000512. The van der Waals surface area contributed by atoms with Crippen molar-refractivity contribution in [3.63, 3.8) is 0 Å². The Morgan fingerprint density at radius 2 is 1.66 bits per heavy atom. The molecule has 32 heavy (non-hydrogen) atoms. The summed E-state index contributed by atoms with van der Waals surface area (Å²) in [7, 11) is 4.70. The third-order valence-electron chi connectivity index (χ3n) is 4.39. The highest BCUT2D eigenvalue weighted by molar-refractivity contribution is 14.0. The van der Waals surface area contributed by atoms with Gasteiger partial charge >= 0.3 is 6.61 Å². The molecule has 0 saturated carbocycles. The molecule has 0 unspecified atom stereocenters. The zero-order valence-corrected chi connectivity index (χ0v) is 20.9. The first kappa shape index (κ1) is 27.5. The molecule has 7 nitrogen and oxygen atoms in total. The first-order valence-corrected chi connectivity index (χ1v) is 9.85. The molecule has 0 amide bonds. The molecule has 2 aromatic rings. The highest BCUT2D eigenvalue weighted by Crippen LogP contribution is 2.28. The van der Waals surface area contributed by atoms with Crippen molar-refractivity contribution in [2.75, 3.05) is 34.4 Å². The number of rotatable bonds is 11. The summed E-state index contributed by atoms with van der Waals surface area (Å²) < 4.78 is 45.8. The fourth-order valence-electron chi connectivity index (χ4n) is 2.88. The van der Waals surface area contributed by atoms with Crippen LogP contribution in [0.1, 0.15) is 18.1 Å². The maximum atomic E-state index is 12.7.